The second kappa shape index (κ2) is 3.71. The summed E-state index contributed by atoms with van der Waals surface area (Å²) in [6.07, 6.45) is 6.74. The molecule has 0 bridgehead atoms. The van der Waals surface area contributed by atoms with E-state index in [4.69, 9.17) is 0 Å². The summed E-state index contributed by atoms with van der Waals surface area (Å²) in [7, 11) is 1.86. The number of nitrogens with zero attached hydrogens (tertiary/aromatic N) is 2. The molecule has 0 saturated heterocycles. The molecule has 0 aliphatic rings. The van der Waals surface area contributed by atoms with Crippen molar-refractivity contribution in [1.82, 2.24) is 9.78 Å². The monoisotopic (exact) mass is 150 g/mol. The lowest BCUT2D eigenvalue weighted by atomic mass is 10.3. The number of hydrogen-bond acceptors (Lipinski definition) is 2. The van der Waals surface area contributed by atoms with Gasteiger partial charge in [0.1, 0.15) is 6.29 Å². The van der Waals surface area contributed by atoms with Crippen molar-refractivity contribution in [3.05, 3.63) is 24.0 Å². The molecule has 1 heterocycles. The van der Waals surface area contributed by atoms with Gasteiger partial charge in [0.2, 0.25) is 0 Å². The number of hydrogen-bond donors (Lipinski definition) is 0. The predicted octanol–water partition coefficient (Wildman–Crippen LogP) is 1.02. The lowest BCUT2D eigenvalue weighted by Gasteiger charge is -1.91. The summed E-state index contributed by atoms with van der Waals surface area (Å²) < 4.78 is 1.75. The third-order valence-corrected chi connectivity index (χ3v) is 1.38. The maximum absolute atomic E-state index is 9.94. The maximum atomic E-state index is 9.94. The van der Waals surface area contributed by atoms with Crippen molar-refractivity contribution < 1.29 is 4.79 Å². The molecular formula is C8H10N2O. The Bertz CT molecular complexity index is 263. The minimum absolute atomic E-state index is 0.463. The van der Waals surface area contributed by atoms with Gasteiger partial charge in [-0.1, -0.05) is 6.08 Å². The summed E-state index contributed by atoms with van der Waals surface area (Å²) in [5.74, 6) is 0. The molecule has 1 aromatic heterocycles. The fourth-order valence-electron chi connectivity index (χ4n) is 0.792. The second-order valence-electron chi connectivity index (χ2n) is 2.18. The van der Waals surface area contributed by atoms with Gasteiger partial charge in [0.15, 0.2) is 0 Å². The van der Waals surface area contributed by atoms with Crippen LogP contribution in [-0.4, -0.2) is 16.1 Å². The molecule has 0 N–H and O–H groups in total. The normalized spacial score (nSPS) is 10.6. The first-order valence-electron chi connectivity index (χ1n) is 3.43. The van der Waals surface area contributed by atoms with Crippen LogP contribution in [0.5, 0.6) is 0 Å². The molecule has 0 radical (unpaired) electrons. The van der Waals surface area contributed by atoms with Crippen LogP contribution in [0.1, 0.15) is 12.1 Å². The molecule has 0 unspecified atom stereocenters. The highest BCUT2D eigenvalue weighted by molar-refractivity contribution is 5.56. The van der Waals surface area contributed by atoms with Crippen molar-refractivity contribution in [2.45, 2.75) is 6.42 Å². The molecule has 3 nitrogen and oxygen atoms in total. The van der Waals surface area contributed by atoms with Crippen LogP contribution >= 0.6 is 0 Å². The lowest BCUT2D eigenvalue weighted by molar-refractivity contribution is -0.107. The Balaban J connectivity index is 2.63. The highest BCUT2D eigenvalue weighted by atomic mass is 16.1. The van der Waals surface area contributed by atoms with Gasteiger partial charge < -0.3 is 4.79 Å². The van der Waals surface area contributed by atoms with Gasteiger partial charge in [-0.3, -0.25) is 4.68 Å². The van der Waals surface area contributed by atoms with Crippen LogP contribution in [0.2, 0.25) is 0 Å². The molecule has 58 valence electrons. The highest BCUT2D eigenvalue weighted by Gasteiger charge is 1.89. The number of rotatable bonds is 3. The maximum Gasteiger partial charge on any atom is 0.123 e. The number of aldehydes is 1. The molecule has 0 atom stereocenters. The summed E-state index contributed by atoms with van der Waals surface area (Å²) in [6, 6.07) is 1.89. The standard InChI is InChI=1S/C8H10N2O/c1-10-8(5-6-9-10)4-2-3-7-11/h2,4-7H,3H2,1H3. The van der Waals surface area contributed by atoms with E-state index < -0.39 is 0 Å². The average molecular weight is 150 g/mol. The van der Waals surface area contributed by atoms with E-state index in [0.717, 1.165) is 12.0 Å². The summed E-state index contributed by atoms with van der Waals surface area (Å²) >= 11 is 0. The Morgan fingerprint density at radius 3 is 3.09 bits per heavy atom. The second-order valence-corrected chi connectivity index (χ2v) is 2.18. The molecule has 0 aromatic carbocycles. The van der Waals surface area contributed by atoms with Gasteiger partial charge in [-0.15, -0.1) is 0 Å². The Morgan fingerprint density at radius 2 is 2.55 bits per heavy atom. The van der Waals surface area contributed by atoms with Crippen LogP contribution in [-0.2, 0) is 11.8 Å². The molecule has 0 amide bonds. The molecule has 0 aliphatic carbocycles. The van der Waals surface area contributed by atoms with E-state index in [0.29, 0.717) is 6.42 Å². The molecule has 1 aromatic rings. The first-order valence-corrected chi connectivity index (χ1v) is 3.43. The minimum Gasteiger partial charge on any atom is -0.303 e. The quantitative estimate of drug-likeness (QED) is 0.603. The van der Waals surface area contributed by atoms with Crippen LogP contribution in [0, 0.1) is 0 Å². The van der Waals surface area contributed by atoms with Crippen molar-refractivity contribution >= 4 is 12.4 Å². The lowest BCUT2D eigenvalue weighted by Crippen LogP contribution is -1.91. The van der Waals surface area contributed by atoms with E-state index in [2.05, 4.69) is 5.10 Å². The zero-order valence-electron chi connectivity index (χ0n) is 6.40. The van der Waals surface area contributed by atoms with Crippen molar-refractivity contribution in [2.24, 2.45) is 7.05 Å². The first-order chi connectivity index (χ1) is 5.34. The van der Waals surface area contributed by atoms with Crippen molar-refractivity contribution in [3.8, 4) is 0 Å². The Morgan fingerprint density at radius 1 is 1.73 bits per heavy atom. The predicted molar refractivity (Wildman–Crippen MR) is 42.9 cm³/mol. The molecular weight excluding hydrogens is 140 g/mol. The largest absolute Gasteiger partial charge is 0.303 e. The smallest absolute Gasteiger partial charge is 0.123 e. The van der Waals surface area contributed by atoms with Crippen LogP contribution in [0.25, 0.3) is 6.08 Å². The number of carbonyl (C=O) groups excluding carboxylic acids is 1. The van der Waals surface area contributed by atoms with Crippen LogP contribution in [0.15, 0.2) is 18.3 Å². The van der Waals surface area contributed by atoms with Gasteiger partial charge in [0, 0.05) is 19.7 Å². The molecule has 3 heteroatoms. The fourth-order valence-corrected chi connectivity index (χ4v) is 0.792. The molecule has 0 aliphatic heterocycles. The Labute approximate surface area is 65.3 Å². The van der Waals surface area contributed by atoms with Gasteiger partial charge in [0.05, 0.1) is 5.69 Å². The number of carbonyl (C=O) groups is 1. The highest BCUT2D eigenvalue weighted by Crippen LogP contribution is 1.98. The summed E-state index contributed by atoms with van der Waals surface area (Å²) in [5.41, 5.74) is 1.01. The van der Waals surface area contributed by atoms with E-state index in [9.17, 15) is 4.79 Å². The molecule has 0 spiro atoms. The number of allylic oxidation sites excluding steroid dienone is 1. The molecule has 11 heavy (non-hydrogen) atoms. The fraction of sp³-hybridized carbons (Fsp3) is 0.250. The first kappa shape index (κ1) is 7.72. The Kier molecular flexibility index (Phi) is 2.60. The molecule has 0 saturated carbocycles. The SMILES string of the molecule is Cn1nccc1C=CCC=O. The van der Waals surface area contributed by atoms with Gasteiger partial charge in [-0.05, 0) is 12.1 Å². The topological polar surface area (TPSA) is 34.9 Å². The number of aromatic nitrogens is 2. The van der Waals surface area contributed by atoms with Crippen LogP contribution in [0.4, 0.5) is 0 Å². The van der Waals surface area contributed by atoms with Crippen molar-refractivity contribution in [2.75, 3.05) is 0 Å². The minimum atomic E-state index is 0.463. The van der Waals surface area contributed by atoms with Gasteiger partial charge in [-0.25, -0.2) is 0 Å². The van der Waals surface area contributed by atoms with E-state index in [-0.39, 0.29) is 0 Å². The summed E-state index contributed by atoms with van der Waals surface area (Å²) in [4.78, 5) is 9.94. The molecule has 1 rings (SSSR count). The third-order valence-electron chi connectivity index (χ3n) is 1.38. The van der Waals surface area contributed by atoms with Gasteiger partial charge in [-0.2, -0.15) is 5.10 Å². The van der Waals surface area contributed by atoms with E-state index >= 15 is 0 Å². The number of aryl methyl sites for hydroxylation is 1. The van der Waals surface area contributed by atoms with Crippen molar-refractivity contribution in [3.63, 3.8) is 0 Å². The third kappa shape index (κ3) is 2.04. The van der Waals surface area contributed by atoms with Crippen LogP contribution in [0.3, 0.4) is 0 Å². The summed E-state index contributed by atoms with van der Waals surface area (Å²) in [6.45, 7) is 0. The van der Waals surface area contributed by atoms with E-state index in [1.54, 1.807) is 10.9 Å². The zero-order chi connectivity index (χ0) is 8.10. The van der Waals surface area contributed by atoms with Gasteiger partial charge >= 0.3 is 0 Å². The van der Waals surface area contributed by atoms with Crippen LogP contribution < -0.4 is 0 Å². The van der Waals surface area contributed by atoms with E-state index in [1.807, 2.05) is 25.3 Å². The van der Waals surface area contributed by atoms with E-state index in [1.165, 1.54) is 0 Å². The summed E-state index contributed by atoms with van der Waals surface area (Å²) in [5, 5.41) is 3.97. The zero-order valence-corrected chi connectivity index (χ0v) is 6.40. The molecule has 0 fully saturated rings. The Hall–Kier alpha value is -1.38. The van der Waals surface area contributed by atoms with Crippen molar-refractivity contribution in [1.29, 1.82) is 0 Å². The van der Waals surface area contributed by atoms with Gasteiger partial charge in [0.25, 0.3) is 0 Å². The average Bonchev–Trinajstić information content (AvgIpc) is 2.37.